The highest BCUT2D eigenvalue weighted by Crippen LogP contribution is 2.98. The molecule has 9 atom stereocenters. The Labute approximate surface area is 374 Å². The molecule has 1 spiro atoms. The fourth-order valence-corrected chi connectivity index (χ4v) is 10.4. The van der Waals surface area contributed by atoms with Crippen LogP contribution in [0.4, 0.5) is 10.5 Å². The number of aromatic amines is 1. The largest absolute Gasteiger partial charge is 0.465 e. The van der Waals surface area contributed by atoms with Gasteiger partial charge in [0, 0.05) is 47.4 Å². The fraction of sp³-hybridized carbons (Fsp3) is 0.500. The van der Waals surface area contributed by atoms with E-state index in [0.717, 1.165) is 27.6 Å². The lowest BCUT2D eigenvalue weighted by Gasteiger charge is -2.57. The van der Waals surface area contributed by atoms with E-state index < -0.39 is 76.8 Å². The number of likely N-dealkylation sites (tertiary alicyclic amines) is 1. The lowest BCUT2D eigenvalue weighted by Crippen LogP contribution is -2.75. The topological polar surface area (TPSA) is 171 Å². The van der Waals surface area contributed by atoms with E-state index in [2.05, 4.69) is 10.3 Å². The molecule has 340 valence electrons. The molecule has 4 fully saturated rings. The number of fused-ring (bicyclic) bond motifs is 2. The van der Waals surface area contributed by atoms with Gasteiger partial charge in [-0.15, -0.1) is 0 Å². The first-order valence-corrected chi connectivity index (χ1v) is 22.7. The maximum absolute atomic E-state index is 15.9. The van der Waals surface area contributed by atoms with Crippen LogP contribution in [0.3, 0.4) is 0 Å². The van der Waals surface area contributed by atoms with E-state index in [0.29, 0.717) is 18.5 Å². The van der Waals surface area contributed by atoms with Crippen molar-refractivity contribution in [1.82, 2.24) is 19.7 Å². The van der Waals surface area contributed by atoms with Gasteiger partial charge in [0.2, 0.25) is 18.1 Å². The van der Waals surface area contributed by atoms with Crippen molar-refractivity contribution in [3.05, 3.63) is 102 Å². The molecule has 4 aliphatic rings. The SMILES string of the molecule is CCCC(C(=O)OC(O)C(C)(C)C)N1C(=O)[C@@]23C(c4cc[nH]c4)[C@H]2[C@]13N1C(=O)C(CC(C)C(=O)OCC(C)C)N(C(=O)OCc2cccc(NCC)c2)[C@@H]1c1cccc2ccccc12. The number of aliphatic hydroxyl groups excluding tert-OH is 1. The number of β-lactam (4-membered cyclic amide) rings is 1. The summed E-state index contributed by atoms with van der Waals surface area (Å²) >= 11 is 0. The van der Waals surface area contributed by atoms with E-state index >= 15 is 14.4 Å². The molecule has 2 saturated carbocycles. The zero-order valence-electron chi connectivity index (χ0n) is 38.0. The lowest BCUT2D eigenvalue weighted by atomic mass is 9.79. The number of carbonyl (C=O) groups excluding carboxylic acids is 5. The molecule has 3 N–H and O–H groups in total. The Morgan fingerprint density at radius 1 is 0.938 bits per heavy atom. The van der Waals surface area contributed by atoms with Gasteiger partial charge in [-0.05, 0) is 65.8 Å². The summed E-state index contributed by atoms with van der Waals surface area (Å²) in [5, 5.41) is 15.9. The minimum Gasteiger partial charge on any atom is -0.465 e. The van der Waals surface area contributed by atoms with E-state index in [4.69, 9.17) is 14.2 Å². The average Bonchev–Trinajstić information content (AvgIpc) is 3.92. The molecule has 2 saturated heterocycles. The van der Waals surface area contributed by atoms with E-state index in [1.54, 1.807) is 38.8 Å². The van der Waals surface area contributed by atoms with Gasteiger partial charge < -0.3 is 34.5 Å². The van der Waals surface area contributed by atoms with Gasteiger partial charge in [0.15, 0.2) is 0 Å². The summed E-state index contributed by atoms with van der Waals surface area (Å²) in [7, 11) is 0. The summed E-state index contributed by atoms with van der Waals surface area (Å²) in [6.45, 7) is 15.4. The molecular formula is C50H61N5O9. The molecule has 14 nitrogen and oxygen atoms in total. The van der Waals surface area contributed by atoms with Gasteiger partial charge in [0.25, 0.3) is 0 Å². The Morgan fingerprint density at radius 2 is 1.67 bits per heavy atom. The zero-order chi connectivity index (χ0) is 45.9. The third-order valence-corrected chi connectivity index (χ3v) is 13.5. The monoisotopic (exact) mass is 875 g/mol. The maximum atomic E-state index is 15.9. The van der Waals surface area contributed by atoms with Crippen molar-refractivity contribution in [2.75, 3.05) is 18.5 Å². The Kier molecular flexibility index (Phi) is 11.8. The molecule has 8 rings (SSSR count). The summed E-state index contributed by atoms with van der Waals surface area (Å²) < 4.78 is 17.6. The number of carbonyl (C=O) groups is 5. The molecule has 0 bridgehead atoms. The van der Waals surface area contributed by atoms with E-state index in [9.17, 15) is 14.7 Å². The Balaban J connectivity index is 1.28. The van der Waals surface area contributed by atoms with Crippen LogP contribution in [0, 0.1) is 28.6 Å². The number of hydrogen-bond acceptors (Lipinski definition) is 10. The number of aromatic nitrogens is 1. The summed E-state index contributed by atoms with van der Waals surface area (Å²) in [6.07, 6.45) is 0.821. The van der Waals surface area contributed by atoms with Crippen LogP contribution < -0.4 is 5.32 Å². The number of anilines is 1. The Hall–Kier alpha value is -5.89. The van der Waals surface area contributed by atoms with Crippen LogP contribution >= 0.6 is 0 Å². The molecule has 2 aliphatic carbocycles. The highest BCUT2D eigenvalue weighted by atomic mass is 16.6. The standard InChI is InChI=1S/C50H61N5O9/c1-9-15-37(44(58)64-46(60)48(6,7)8)54-45(59)49-39(33-22-23-51-26-33)40(49)50(49,54)55-41(36-21-14-18-32-17-11-12-20-35(32)36)53(38(42(55)56)24-30(5)43(57)62-27-29(3)4)47(61)63-28-31-16-13-19-34(25-31)52-10-2/h11-14,16-23,25-26,29-30,37-41,46,51-52,60H,9-10,15,24,27-28H2,1-8H3/t30?,37?,38?,39?,40-,41+,46?,49-,50-/m1/s1. The van der Waals surface area contributed by atoms with Crippen molar-refractivity contribution in [2.24, 2.45) is 28.6 Å². The van der Waals surface area contributed by atoms with Gasteiger partial charge in [-0.2, -0.15) is 0 Å². The number of aliphatic hydroxyl groups is 1. The van der Waals surface area contributed by atoms with Crippen LogP contribution in [0.2, 0.25) is 0 Å². The number of esters is 2. The number of hydrogen-bond donors (Lipinski definition) is 3. The second-order valence-corrected chi connectivity index (χ2v) is 19.3. The van der Waals surface area contributed by atoms with E-state index in [1.807, 2.05) is 107 Å². The van der Waals surface area contributed by atoms with Crippen molar-refractivity contribution < 1.29 is 43.3 Å². The highest BCUT2D eigenvalue weighted by Gasteiger charge is 3.11. The van der Waals surface area contributed by atoms with Crippen LogP contribution in [-0.2, 0) is 40.0 Å². The highest BCUT2D eigenvalue weighted by molar-refractivity contribution is 6.10. The van der Waals surface area contributed by atoms with Crippen molar-refractivity contribution in [2.45, 2.75) is 117 Å². The predicted molar refractivity (Wildman–Crippen MR) is 239 cm³/mol. The van der Waals surface area contributed by atoms with Crippen LogP contribution in [-0.4, -0.2) is 91.8 Å². The Morgan fingerprint density at radius 3 is 2.34 bits per heavy atom. The second-order valence-electron chi connectivity index (χ2n) is 19.3. The van der Waals surface area contributed by atoms with Gasteiger partial charge in [-0.3, -0.25) is 24.2 Å². The summed E-state index contributed by atoms with van der Waals surface area (Å²) in [5.41, 5.74) is -0.187. The van der Waals surface area contributed by atoms with Crippen molar-refractivity contribution in [3.63, 3.8) is 0 Å². The number of nitrogens with zero attached hydrogens (tertiary/aromatic N) is 3. The van der Waals surface area contributed by atoms with Gasteiger partial charge in [0.1, 0.15) is 35.9 Å². The number of amides is 3. The van der Waals surface area contributed by atoms with E-state index in [1.165, 1.54) is 9.80 Å². The first kappa shape index (κ1) is 44.7. The molecule has 0 radical (unpaired) electrons. The first-order chi connectivity index (χ1) is 30.5. The maximum Gasteiger partial charge on any atom is 0.412 e. The third kappa shape index (κ3) is 7.08. The number of benzene rings is 3. The van der Waals surface area contributed by atoms with Gasteiger partial charge in [0.05, 0.1) is 12.5 Å². The minimum atomic E-state index is -1.47. The molecule has 3 aromatic carbocycles. The molecular weight excluding hydrogens is 815 g/mol. The Bertz CT molecular complexity index is 2430. The summed E-state index contributed by atoms with van der Waals surface area (Å²) in [5.74, 6) is -3.51. The number of piperidine rings is 1. The van der Waals surface area contributed by atoms with Crippen molar-refractivity contribution >= 4 is 46.3 Å². The number of ether oxygens (including phenoxy) is 3. The first-order valence-electron chi connectivity index (χ1n) is 22.7. The quantitative estimate of drug-likeness (QED) is 0.0414. The van der Waals surface area contributed by atoms with Crippen molar-refractivity contribution in [3.8, 4) is 0 Å². The molecule has 64 heavy (non-hydrogen) atoms. The molecule has 2 aliphatic heterocycles. The number of H-pyrrole nitrogens is 1. The van der Waals surface area contributed by atoms with Crippen LogP contribution in [0.25, 0.3) is 10.8 Å². The molecule has 3 heterocycles. The lowest BCUT2D eigenvalue weighted by molar-refractivity contribution is -0.212. The van der Waals surface area contributed by atoms with Crippen LogP contribution in [0.1, 0.15) is 103 Å². The molecule has 4 aromatic rings. The second kappa shape index (κ2) is 16.9. The fourth-order valence-electron chi connectivity index (χ4n) is 10.4. The van der Waals surface area contributed by atoms with Gasteiger partial charge in [-0.1, -0.05) is 109 Å². The minimum absolute atomic E-state index is 0.0762. The number of rotatable bonds is 17. The molecule has 3 amide bonds. The number of nitrogens with one attached hydrogen (secondary N) is 2. The van der Waals surface area contributed by atoms with Crippen molar-refractivity contribution in [1.29, 1.82) is 0 Å². The summed E-state index contributed by atoms with van der Waals surface area (Å²) in [4.78, 5) is 81.8. The van der Waals surface area contributed by atoms with E-state index in [-0.39, 0.29) is 43.8 Å². The normalized spacial score (nSPS) is 25.9. The molecule has 5 unspecified atom stereocenters. The molecule has 14 heteroatoms. The summed E-state index contributed by atoms with van der Waals surface area (Å²) in [6, 6.07) is 20.4. The van der Waals surface area contributed by atoms with Gasteiger partial charge >= 0.3 is 18.0 Å². The molecule has 1 aromatic heterocycles. The van der Waals surface area contributed by atoms with Crippen LogP contribution in [0.15, 0.2) is 85.2 Å². The smallest absolute Gasteiger partial charge is 0.412 e. The van der Waals surface area contributed by atoms with Crippen LogP contribution in [0.5, 0.6) is 0 Å². The zero-order valence-corrected chi connectivity index (χ0v) is 38.0. The predicted octanol–water partition coefficient (Wildman–Crippen LogP) is 7.70. The third-order valence-electron chi connectivity index (χ3n) is 13.5. The average molecular weight is 876 g/mol. The van der Waals surface area contributed by atoms with Gasteiger partial charge in [-0.25, -0.2) is 9.59 Å².